The van der Waals surface area contributed by atoms with E-state index < -0.39 is 0 Å². The molecule has 1 aliphatic heterocycles. The van der Waals surface area contributed by atoms with E-state index in [1.54, 1.807) is 0 Å². The Hall–Kier alpha value is -2.26. The first-order valence-corrected chi connectivity index (χ1v) is 7.31. The molecular formula is C13H20N8O. The molecule has 0 aliphatic carbocycles. The summed E-state index contributed by atoms with van der Waals surface area (Å²) in [5, 5.41) is 13.5. The molecule has 9 nitrogen and oxygen atoms in total. The van der Waals surface area contributed by atoms with Gasteiger partial charge in [0.25, 0.3) is 0 Å². The van der Waals surface area contributed by atoms with Gasteiger partial charge in [0.05, 0.1) is 11.7 Å². The molecule has 1 amide bonds. The first-order chi connectivity index (χ1) is 10.6. The van der Waals surface area contributed by atoms with Crippen LogP contribution in [0.3, 0.4) is 0 Å². The molecular weight excluding hydrogens is 284 g/mol. The Bertz CT molecular complexity index is 662. The maximum atomic E-state index is 12.2. The fourth-order valence-corrected chi connectivity index (χ4v) is 2.91. The van der Waals surface area contributed by atoms with Crippen molar-refractivity contribution in [1.29, 1.82) is 0 Å². The van der Waals surface area contributed by atoms with Crippen LogP contribution in [0.25, 0.3) is 0 Å². The van der Waals surface area contributed by atoms with Gasteiger partial charge in [0.15, 0.2) is 0 Å². The van der Waals surface area contributed by atoms with Crippen molar-refractivity contribution in [2.75, 3.05) is 5.32 Å². The smallest absolute Gasteiger partial charge is 0.245 e. The predicted molar refractivity (Wildman–Crippen MR) is 79.8 cm³/mol. The van der Waals surface area contributed by atoms with Gasteiger partial charge in [-0.25, -0.2) is 16.0 Å². The summed E-state index contributed by atoms with van der Waals surface area (Å²) in [6, 6.07) is -0.273. The van der Waals surface area contributed by atoms with Crippen LogP contribution in [0.4, 0.5) is 5.95 Å². The number of carbonyl (C=O) groups is 1. The second kappa shape index (κ2) is 5.85. The van der Waals surface area contributed by atoms with Crippen molar-refractivity contribution in [3.05, 3.63) is 23.3 Å². The van der Waals surface area contributed by atoms with Crippen LogP contribution >= 0.6 is 0 Å². The number of nitrogens with one attached hydrogen (secondary N) is 4. The molecule has 1 saturated heterocycles. The number of hydrogen-bond donors (Lipinski definition) is 4. The molecule has 1 fully saturated rings. The SMILES string of the molecule is CCn1nc(C)c(C2CC(C(=O)Nc3ncn[nH]3)NN2)c1C. The van der Waals surface area contributed by atoms with Crippen molar-refractivity contribution in [3.8, 4) is 0 Å². The molecule has 9 heteroatoms. The molecule has 3 heterocycles. The van der Waals surface area contributed by atoms with E-state index in [4.69, 9.17) is 0 Å². The summed E-state index contributed by atoms with van der Waals surface area (Å²) in [6.07, 6.45) is 2.00. The Kier molecular flexibility index (Phi) is 3.90. The van der Waals surface area contributed by atoms with E-state index in [0.29, 0.717) is 12.4 Å². The van der Waals surface area contributed by atoms with Gasteiger partial charge in [0.1, 0.15) is 12.4 Å². The van der Waals surface area contributed by atoms with E-state index >= 15 is 0 Å². The van der Waals surface area contributed by atoms with Gasteiger partial charge in [-0.1, -0.05) is 0 Å². The van der Waals surface area contributed by atoms with Gasteiger partial charge in [0, 0.05) is 17.8 Å². The number of nitrogens with zero attached hydrogens (tertiary/aromatic N) is 4. The van der Waals surface area contributed by atoms with Crippen LogP contribution in [0, 0.1) is 13.8 Å². The van der Waals surface area contributed by atoms with Crippen LogP contribution in [0.1, 0.15) is 36.3 Å². The molecule has 2 unspecified atom stereocenters. The lowest BCUT2D eigenvalue weighted by Crippen LogP contribution is -2.39. The zero-order valence-electron chi connectivity index (χ0n) is 12.8. The average Bonchev–Trinajstić information content (AvgIpc) is 3.20. The summed E-state index contributed by atoms with van der Waals surface area (Å²) in [4.78, 5) is 16.1. The molecule has 0 aromatic carbocycles. The second-order valence-corrected chi connectivity index (χ2v) is 5.35. The third-order valence-electron chi connectivity index (χ3n) is 3.96. The number of rotatable bonds is 4. The van der Waals surface area contributed by atoms with Gasteiger partial charge in [0.2, 0.25) is 11.9 Å². The highest BCUT2D eigenvalue weighted by Gasteiger charge is 2.33. The van der Waals surface area contributed by atoms with Crippen molar-refractivity contribution in [2.45, 2.75) is 45.8 Å². The van der Waals surface area contributed by atoms with Crippen LogP contribution < -0.4 is 16.2 Å². The Labute approximate surface area is 127 Å². The first-order valence-electron chi connectivity index (χ1n) is 7.31. The fraction of sp³-hybridized carbons (Fsp3) is 0.538. The van der Waals surface area contributed by atoms with E-state index in [1.807, 2.05) is 11.6 Å². The number of aromatic nitrogens is 5. The molecule has 2 aromatic rings. The average molecular weight is 304 g/mol. The van der Waals surface area contributed by atoms with Gasteiger partial charge in [-0.15, -0.1) is 0 Å². The highest BCUT2D eigenvalue weighted by molar-refractivity contribution is 5.93. The summed E-state index contributed by atoms with van der Waals surface area (Å²) in [5.41, 5.74) is 9.52. The molecule has 2 aromatic heterocycles. The minimum atomic E-state index is -0.334. The minimum Gasteiger partial charge on any atom is -0.293 e. The minimum absolute atomic E-state index is 0.0609. The van der Waals surface area contributed by atoms with E-state index in [0.717, 1.165) is 23.5 Å². The topological polar surface area (TPSA) is 113 Å². The first kappa shape index (κ1) is 14.7. The van der Waals surface area contributed by atoms with Crippen molar-refractivity contribution in [1.82, 2.24) is 35.8 Å². The Morgan fingerprint density at radius 3 is 2.91 bits per heavy atom. The number of amides is 1. The molecule has 0 radical (unpaired) electrons. The molecule has 3 rings (SSSR count). The van der Waals surface area contributed by atoms with Crippen LogP contribution in [0.5, 0.6) is 0 Å². The van der Waals surface area contributed by atoms with Gasteiger partial charge in [-0.05, 0) is 27.2 Å². The molecule has 4 N–H and O–H groups in total. The van der Waals surface area contributed by atoms with Crippen molar-refractivity contribution < 1.29 is 4.79 Å². The Morgan fingerprint density at radius 2 is 2.27 bits per heavy atom. The van der Waals surface area contributed by atoms with Crippen molar-refractivity contribution >= 4 is 11.9 Å². The van der Waals surface area contributed by atoms with Gasteiger partial charge in [-0.2, -0.15) is 15.2 Å². The summed E-state index contributed by atoms with van der Waals surface area (Å²) in [7, 11) is 0. The normalized spacial score (nSPS) is 21.2. The third kappa shape index (κ3) is 2.60. The van der Waals surface area contributed by atoms with Crippen LogP contribution in [-0.2, 0) is 11.3 Å². The van der Waals surface area contributed by atoms with E-state index in [2.05, 4.69) is 50.3 Å². The predicted octanol–water partition coefficient (Wildman–Crippen LogP) is 0.184. The molecule has 118 valence electrons. The molecule has 2 atom stereocenters. The number of aryl methyl sites for hydroxylation is 2. The highest BCUT2D eigenvalue weighted by Crippen LogP contribution is 2.28. The zero-order chi connectivity index (χ0) is 15.7. The lowest BCUT2D eigenvalue weighted by atomic mass is 10.00. The Balaban J connectivity index is 1.70. The number of H-pyrrole nitrogens is 1. The summed E-state index contributed by atoms with van der Waals surface area (Å²) in [5.74, 6) is 0.200. The quantitative estimate of drug-likeness (QED) is 0.641. The highest BCUT2D eigenvalue weighted by atomic mass is 16.2. The van der Waals surface area contributed by atoms with Gasteiger partial charge >= 0.3 is 0 Å². The lowest BCUT2D eigenvalue weighted by Gasteiger charge is -2.10. The van der Waals surface area contributed by atoms with Crippen LogP contribution in [0.15, 0.2) is 6.33 Å². The maximum absolute atomic E-state index is 12.2. The molecule has 0 spiro atoms. The van der Waals surface area contributed by atoms with Gasteiger partial charge in [-0.3, -0.25) is 14.8 Å². The van der Waals surface area contributed by atoms with E-state index in [9.17, 15) is 4.79 Å². The molecule has 0 saturated carbocycles. The zero-order valence-corrected chi connectivity index (χ0v) is 12.8. The standard InChI is InChI=1S/C13H20N8O/c1-4-21-8(3)11(7(2)20-21)9-5-10(18-17-9)12(22)16-13-14-6-15-19-13/h6,9-10,17-18H,4-5H2,1-3H3,(H2,14,15,16,19,22). The molecule has 1 aliphatic rings. The summed E-state index contributed by atoms with van der Waals surface area (Å²) in [6.45, 7) is 6.96. The number of anilines is 1. The summed E-state index contributed by atoms with van der Waals surface area (Å²) < 4.78 is 1.98. The summed E-state index contributed by atoms with van der Waals surface area (Å²) >= 11 is 0. The van der Waals surface area contributed by atoms with E-state index in [-0.39, 0.29) is 18.0 Å². The number of aromatic amines is 1. The van der Waals surface area contributed by atoms with Crippen LogP contribution in [0.2, 0.25) is 0 Å². The van der Waals surface area contributed by atoms with E-state index in [1.165, 1.54) is 6.33 Å². The lowest BCUT2D eigenvalue weighted by molar-refractivity contribution is -0.117. The second-order valence-electron chi connectivity index (χ2n) is 5.35. The number of hydrogen-bond acceptors (Lipinski definition) is 6. The molecule has 0 bridgehead atoms. The molecule has 22 heavy (non-hydrogen) atoms. The number of carbonyl (C=O) groups excluding carboxylic acids is 1. The van der Waals surface area contributed by atoms with Crippen molar-refractivity contribution in [3.63, 3.8) is 0 Å². The van der Waals surface area contributed by atoms with Gasteiger partial charge < -0.3 is 0 Å². The maximum Gasteiger partial charge on any atom is 0.245 e. The Morgan fingerprint density at radius 1 is 1.45 bits per heavy atom. The van der Waals surface area contributed by atoms with Crippen LogP contribution in [-0.4, -0.2) is 36.9 Å². The largest absolute Gasteiger partial charge is 0.293 e. The fourth-order valence-electron chi connectivity index (χ4n) is 2.91. The third-order valence-corrected chi connectivity index (χ3v) is 3.96. The number of hydrazine groups is 1. The van der Waals surface area contributed by atoms with Crippen molar-refractivity contribution in [2.24, 2.45) is 0 Å². The monoisotopic (exact) mass is 304 g/mol.